The number of carbonyl (C=O) groups excluding carboxylic acids is 4. The monoisotopic (exact) mass is 893 g/mol. The number of unbranched alkanes of at least 4 members (excludes halogenated alkanes) is 3. The number of amides is 2. The van der Waals surface area contributed by atoms with E-state index in [0.717, 1.165) is 41.5 Å². The van der Waals surface area contributed by atoms with Gasteiger partial charge >= 0.3 is 24.1 Å². The van der Waals surface area contributed by atoms with Crippen LogP contribution in [-0.4, -0.2) is 75.9 Å². The van der Waals surface area contributed by atoms with Gasteiger partial charge < -0.3 is 39.1 Å². The van der Waals surface area contributed by atoms with Crippen molar-refractivity contribution in [3.8, 4) is 11.5 Å². The molecule has 2 amide bonds. The van der Waals surface area contributed by atoms with Crippen LogP contribution >= 0.6 is 0 Å². The highest BCUT2D eigenvalue weighted by molar-refractivity contribution is 5.87. The highest BCUT2D eigenvalue weighted by Crippen LogP contribution is 2.34. The lowest BCUT2D eigenvalue weighted by atomic mass is 9.82. The van der Waals surface area contributed by atoms with Gasteiger partial charge in [-0.3, -0.25) is 0 Å². The van der Waals surface area contributed by atoms with Crippen LogP contribution in [0.5, 0.6) is 11.5 Å². The quantitative estimate of drug-likeness (QED) is 0.0452. The Bertz CT molecular complexity index is 1860. The van der Waals surface area contributed by atoms with Gasteiger partial charge in [-0.1, -0.05) is 121 Å². The summed E-state index contributed by atoms with van der Waals surface area (Å²) in [6, 6.07) is 12.4. The Kier molecular flexibility index (Phi) is 21.9. The van der Waals surface area contributed by atoms with Crippen LogP contribution in [0.4, 0.5) is 9.59 Å². The summed E-state index contributed by atoms with van der Waals surface area (Å²) < 4.78 is 34.4. The predicted molar refractivity (Wildman–Crippen MR) is 254 cm³/mol. The Morgan fingerprint density at radius 3 is 1.39 bits per heavy atom. The molecule has 0 spiro atoms. The van der Waals surface area contributed by atoms with Gasteiger partial charge in [-0.05, 0) is 108 Å². The molecular weight excluding hydrogens is 813 g/mol. The van der Waals surface area contributed by atoms with Crippen LogP contribution in [0.15, 0.2) is 60.7 Å². The minimum atomic E-state index is -0.867. The lowest BCUT2D eigenvalue weighted by Crippen LogP contribution is -2.36. The van der Waals surface area contributed by atoms with Gasteiger partial charge in [0.15, 0.2) is 12.2 Å². The summed E-state index contributed by atoms with van der Waals surface area (Å²) in [6.07, 6.45) is 0.713. The van der Waals surface area contributed by atoms with E-state index >= 15 is 0 Å². The molecule has 12 heteroatoms. The van der Waals surface area contributed by atoms with Crippen molar-refractivity contribution in [3.63, 3.8) is 0 Å². The maximum absolute atomic E-state index is 12.9. The molecule has 0 saturated heterocycles. The van der Waals surface area contributed by atoms with E-state index in [-0.39, 0.29) is 53.8 Å². The fourth-order valence-electron chi connectivity index (χ4n) is 6.24. The second-order valence-corrected chi connectivity index (χ2v) is 20.6. The normalized spacial score (nSPS) is 13.2. The van der Waals surface area contributed by atoms with Crippen LogP contribution < -0.4 is 20.1 Å². The van der Waals surface area contributed by atoms with E-state index in [1.165, 1.54) is 0 Å². The van der Waals surface area contributed by atoms with Gasteiger partial charge in [0.05, 0.1) is 0 Å². The molecule has 0 saturated carbocycles. The molecule has 2 aromatic carbocycles. The average Bonchev–Trinajstić information content (AvgIpc) is 3.18. The summed E-state index contributed by atoms with van der Waals surface area (Å²) in [7, 11) is 0. The van der Waals surface area contributed by atoms with Crippen molar-refractivity contribution in [1.29, 1.82) is 0 Å². The first-order chi connectivity index (χ1) is 29.6. The van der Waals surface area contributed by atoms with Gasteiger partial charge in [-0.2, -0.15) is 0 Å². The number of ether oxygens (including phenoxy) is 6. The van der Waals surface area contributed by atoms with E-state index in [1.807, 2.05) is 24.3 Å². The zero-order valence-corrected chi connectivity index (χ0v) is 41.5. The predicted octanol–water partition coefficient (Wildman–Crippen LogP) is 11.1. The number of carbonyl (C=O) groups is 4. The van der Waals surface area contributed by atoms with Crippen molar-refractivity contribution < 1.29 is 47.6 Å². The molecule has 0 radical (unpaired) electrons. The Labute approximate surface area is 384 Å². The first kappa shape index (κ1) is 55.1. The topological polar surface area (TPSA) is 148 Å². The second-order valence-electron chi connectivity index (χ2n) is 20.6. The Morgan fingerprint density at radius 1 is 0.578 bits per heavy atom. The van der Waals surface area contributed by atoms with Crippen LogP contribution in [0.2, 0.25) is 0 Å². The lowest BCUT2D eigenvalue weighted by molar-refractivity contribution is -0.143. The molecule has 0 aliphatic rings. The molecule has 12 nitrogen and oxygen atoms in total. The molecule has 0 bridgehead atoms. The van der Waals surface area contributed by atoms with Gasteiger partial charge in [0.25, 0.3) is 0 Å². The lowest BCUT2D eigenvalue weighted by Gasteiger charge is -2.25. The number of hydrogen-bond acceptors (Lipinski definition) is 10. The Balaban J connectivity index is 1.90. The van der Waals surface area contributed by atoms with Crippen molar-refractivity contribution in [3.05, 3.63) is 83.0 Å². The summed E-state index contributed by atoms with van der Waals surface area (Å²) in [5.41, 5.74) is 4.89. The van der Waals surface area contributed by atoms with E-state index in [4.69, 9.17) is 28.4 Å². The van der Waals surface area contributed by atoms with Crippen LogP contribution in [0.1, 0.15) is 151 Å². The van der Waals surface area contributed by atoms with Gasteiger partial charge in [0.1, 0.15) is 37.9 Å². The first-order valence-electron chi connectivity index (χ1n) is 22.7. The van der Waals surface area contributed by atoms with Crippen molar-refractivity contribution in [2.75, 3.05) is 39.5 Å². The Hall–Kier alpha value is -5.00. The standard InChI is InChI=1S/C52H80N2O10/c1-34(2)37(7)39-25-41(52(14,15)16)28-43(26-39)60-31-45(33-62-47(56)36(5)6)64-49(58)54-22-20-18-17-19-21-53-48(57)63-44(32-61-46(55)35(3)4)30-59-42-24-38(29-50(8,9)10)23-40(27-42)51(11,12)13/h23-28,34,37,44-45H,3,5,17-22,29-33H2,1-2,4,6-16H3,(H,53,57)(H,54,58). The molecular formula is C52H80N2O10. The molecule has 0 aliphatic carbocycles. The van der Waals surface area contributed by atoms with Gasteiger partial charge in [-0.15, -0.1) is 0 Å². The number of rotatable bonds is 24. The first-order valence-corrected chi connectivity index (χ1v) is 22.7. The van der Waals surface area contributed by atoms with E-state index in [1.54, 1.807) is 13.8 Å². The second kappa shape index (κ2) is 25.5. The Morgan fingerprint density at radius 2 is 1.00 bits per heavy atom. The SMILES string of the molecule is C=C(C)C(=O)OCC(COc1cc(CC(C)(C)C)cc(C(C)(C)C)c1)OC(=O)NCCCCCCNC(=O)OC(COC(=O)C(=C)C)COc1cc(C(C)C(C)C)cc(C(C)(C)C)c1. The zero-order chi connectivity index (χ0) is 48.4. The molecule has 3 unspecified atom stereocenters. The van der Waals surface area contributed by atoms with Crippen molar-refractivity contribution in [1.82, 2.24) is 10.6 Å². The number of alkyl carbamates (subject to hydrolysis) is 2. The van der Waals surface area contributed by atoms with Gasteiger partial charge in [0.2, 0.25) is 0 Å². The average molecular weight is 893 g/mol. The molecule has 2 N–H and O–H groups in total. The highest BCUT2D eigenvalue weighted by Gasteiger charge is 2.24. The maximum atomic E-state index is 12.9. The number of nitrogens with one attached hydrogen (secondary N) is 2. The number of hydrogen-bond donors (Lipinski definition) is 2. The molecule has 2 rings (SSSR count). The smallest absolute Gasteiger partial charge is 0.407 e. The zero-order valence-electron chi connectivity index (χ0n) is 41.5. The van der Waals surface area contributed by atoms with Gasteiger partial charge in [0, 0.05) is 24.2 Å². The van der Waals surface area contributed by atoms with Crippen molar-refractivity contribution in [2.45, 2.75) is 158 Å². The van der Waals surface area contributed by atoms with Crippen LogP contribution in [0, 0.1) is 11.3 Å². The summed E-state index contributed by atoms with van der Waals surface area (Å²) in [5, 5.41) is 5.55. The van der Waals surface area contributed by atoms with E-state index in [2.05, 4.69) is 119 Å². The minimum Gasteiger partial charge on any atom is -0.490 e. The third-order valence-electron chi connectivity index (χ3n) is 10.4. The largest absolute Gasteiger partial charge is 0.490 e. The van der Waals surface area contributed by atoms with Crippen molar-refractivity contribution in [2.24, 2.45) is 11.3 Å². The molecule has 358 valence electrons. The third-order valence-corrected chi connectivity index (χ3v) is 10.4. The molecule has 0 aromatic heterocycles. The molecule has 3 atom stereocenters. The van der Waals surface area contributed by atoms with Gasteiger partial charge in [-0.25, -0.2) is 19.2 Å². The summed E-state index contributed by atoms with van der Waals surface area (Å²) in [4.78, 5) is 50.1. The fraction of sp³-hybridized carbons (Fsp3) is 0.615. The number of esters is 2. The van der Waals surface area contributed by atoms with Crippen molar-refractivity contribution >= 4 is 24.1 Å². The molecule has 64 heavy (non-hydrogen) atoms. The minimum absolute atomic E-state index is 0.0212. The molecule has 0 fully saturated rings. The summed E-state index contributed by atoms with van der Waals surface area (Å²) >= 11 is 0. The summed E-state index contributed by atoms with van der Waals surface area (Å²) in [5.74, 6) is 0.866. The molecule has 0 aliphatic heterocycles. The van der Waals surface area contributed by atoms with Crippen LogP contribution in [-0.2, 0) is 45.8 Å². The molecule has 2 aromatic rings. The van der Waals surface area contributed by atoms with E-state index in [9.17, 15) is 19.2 Å². The van der Waals surface area contributed by atoms with Crippen LogP contribution in [0.25, 0.3) is 0 Å². The summed E-state index contributed by atoms with van der Waals surface area (Å²) in [6.45, 7) is 36.7. The molecule has 0 heterocycles. The third kappa shape index (κ3) is 21.6. The number of benzene rings is 2. The maximum Gasteiger partial charge on any atom is 0.407 e. The fourth-order valence-corrected chi connectivity index (χ4v) is 6.24. The highest BCUT2D eigenvalue weighted by atomic mass is 16.6. The van der Waals surface area contributed by atoms with E-state index in [0.29, 0.717) is 49.3 Å². The van der Waals surface area contributed by atoms with E-state index < -0.39 is 36.3 Å². The van der Waals surface area contributed by atoms with Crippen LogP contribution in [0.3, 0.4) is 0 Å².